The van der Waals surface area contributed by atoms with Crippen LogP contribution in [0.1, 0.15) is 67.2 Å². The molecule has 0 bridgehead atoms. The molecule has 0 aliphatic heterocycles. The standard InChI is InChI=1S/C31H35NO2/c1-2-3-4-5-12-24-18-20-25(21-19-24)13-10-11-22-32-31(33)34-23-30-28-16-8-6-14-26(28)27-15-7-9-17-29(27)30/h6-10,13-21,30H,2-5,11-12,22-23H2,1H3,(H,32,33). The first kappa shape index (κ1) is 23.8. The van der Waals surface area contributed by atoms with Gasteiger partial charge in [-0.25, -0.2) is 4.79 Å². The summed E-state index contributed by atoms with van der Waals surface area (Å²) in [5.41, 5.74) is 7.53. The predicted molar refractivity (Wildman–Crippen MR) is 141 cm³/mol. The molecule has 1 aliphatic rings. The number of hydrogen-bond acceptors (Lipinski definition) is 2. The first-order valence-corrected chi connectivity index (χ1v) is 12.6. The van der Waals surface area contributed by atoms with Gasteiger partial charge in [-0.05, 0) is 52.6 Å². The van der Waals surface area contributed by atoms with E-state index in [-0.39, 0.29) is 12.0 Å². The number of carbonyl (C=O) groups excluding carboxylic acids is 1. The van der Waals surface area contributed by atoms with Crippen LogP contribution in [0.15, 0.2) is 78.9 Å². The van der Waals surface area contributed by atoms with Crippen LogP contribution in [0, 0.1) is 0 Å². The second-order valence-electron chi connectivity index (χ2n) is 9.00. The highest BCUT2D eigenvalue weighted by Gasteiger charge is 2.28. The van der Waals surface area contributed by atoms with Crippen LogP contribution < -0.4 is 5.32 Å². The molecule has 0 heterocycles. The Hall–Kier alpha value is -3.33. The van der Waals surface area contributed by atoms with Crippen molar-refractivity contribution in [2.75, 3.05) is 13.2 Å². The maximum atomic E-state index is 12.3. The normalized spacial score (nSPS) is 12.5. The number of benzene rings is 3. The van der Waals surface area contributed by atoms with Crippen molar-refractivity contribution in [3.8, 4) is 11.1 Å². The maximum Gasteiger partial charge on any atom is 0.407 e. The van der Waals surface area contributed by atoms with Gasteiger partial charge < -0.3 is 10.1 Å². The number of ether oxygens (including phenoxy) is 1. The van der Waals surface area contributed by atoms with E-state index in [1.165, 1.54) is 59.1 Å². The van der Waals surface area contributed by atoms with E-state index in [1.54, 1.807) is 0 Å². The van der Waals surface area contributed by atoms with Gasteiger partial charge in [0.1, 0.15) is 6.61 Å². The van der Waals surface area contributed by atoms with Gasteiger partial charge >= 0.3 is 6.09 Å². The van der Waals surface area contributed by atoms with Gasteiger partial charge in [-0.15, -0.1) is 0 Å². The van der Waals surface area contributed by atoms with Crippen LogP contribution in [-0.4, -0.2) is 19.2 Å². The quantitative estimate of drug-likeness (QED) is 0.301. The molecule has 1 N–H and O–H groups in total. The van der Waals surface area contributed by atoms with E-state index in [0.717, 1.165) is 12.8 Å². The Labute approximate surface area is 203 Å². The van der Waals surface area contributed by atoms with E-state index in [9.17, 15) is 4.79 Å². The molecule has 0 spiro atoms. The van der Waals surface area contributed by atoms with Gasteiger partial charge in [0.05, 0.1) is 0 Å². The lowest BCUT2D eigenvalue weighted by Crippen LogP contribution is -2.26. The molecule has 0 fully saturated rings. The molecule has 3 nitrogen and oxygen atoms in total. The molecule has 0 atom stereocenters. The fraction of sp³-hybridized carbons (Fsp3) is 0.323. The molecule has 1 amide bonds. The zero-order valence-corrected chi connectivity index (χ0v) is 20.1. The molecule has 1 aliphatic carbocycles. The molecule has 4 rings (SSSR count). The van der Waals surface area contributed by atoms with Crippen molar-refractivity contribution >= 4 is 12.2 Å². The minimum atomic E-state index is -0.359. The largest absolute Gasteiger partial charge is 0.449 e. The topological polar surface area (TPSA) is 38.3 Å². The highest BCUT2D eigenvalue weighted by atomic mass is 16.5. The first-order valence-electron chi connectivity index (χ1n) is 12.6. The molecule has 0 saturated heterocycles. The summed E-state index contributed by atoms with van der Waals surface area (Å²) in [5.74, 6) is 0.0904. The van der Waals surface area contributed by atoms with E-state index in [1.807, 2.05) is 12.1 Å². The number of hydrogen-bond donors (Lipinski definition) is 1. The van der Waals surface area contributed by atoms with Crippen LogP contribution >= 0.6 is 0 Å². The number of carbonyl (C=O) groups is 1. The minimum absolute atomic E-state index is 0.0904. The Morgan fingerprint density at radius 3 is 2.24 bits per heavy atom. The molecule has 3 aromatic rings. The highest BCUT2D eigenvalue weighted by molar-refractivity contribution is 5.79. The molecule has 34 heavy (non-hydrogen) atoms. The van der Waals surface area contributed by atoms with Crippen molar-refractivity contribution in [3.63, 3.8) is 0 Å². The molecular weight excluding hydrogens is 418 g/mol. The number of nitrogens with one attached hydrogen (secondary N) is 1. The summed E-state index contributed by atoms with van der Waals surface area (Å²) in [5, 5.41) is 2.87. The van der Waals surface area contributed by atoms with Crippen molar-refractivity contribution in [2.45, 2.75) is 51.4 Å². The Morgan fingerprint density at radius 1 is 0.882 bits per heavy atom. The van der Waals surface area contributed by atoms with Gasteiger partial charge in [-0.3, -0.25) is 0 Å². The lowest BCUT2D eigenvalue weighted by atomic mass is 9.98. The second kappa shape index (κ2) is 12.2. The summed E-state index contributed by atoms with van der Waals surface area (Å²) < 4.78 is 5.59. The van der Waals surface area contributed by atoms with Crippen LogP contribution in [0.3, 0.4) is 0 Å². The van der Waals surface area contributed by atoms with Gasteiger partial charge in [0.2, 0.25) is 0 Å². The summed E-state index contributed by atoms with van der Waals surface area (Å²) in [7, 11) is 0. The van der Waals surface area contributed by atoms with Crippen molar-refractivity contribution in [3.05, 3.63) is 101 Å². The van der Waals surface area contributed by atoms with Crippen LogP contribution in [0.25, 0.3) is 17.2 Å². The van der Waals surface area contributed by atoms with Crippen molar-refractivity contribution in [1.29, 1.82) is 0 Å². The first-order chi connectivity index (χ1) is 16.8. The smallest absolute Gasteiger partial charge is 0.407 e. The number of rotatable bonds is 11. The molecule has 0 unspecified atom stereocenters. The number of amides is 1. The molecular formula is C31H35NO2. The molecule has 0 aromatic heterocycles. The lowest BCUT2D eigenvalue weighted by Gasteiger charge is -2.14. The van der Waals surface area contributed by atoms with Crippen LogP contribution in [0.5, 0.6) is 0 Å². The van der Waals surface area contributed by atoms with Gasteiger partial charge in [0, 0.05) is 12.5 Å². The van der Waals surface area contributed by atoms with Crippen LogP contribution in [-0.2, 0) is 11.2 Å². The lowest BCUT2D eigenvalue weighted by molar-refractivity contribution is 0.143. The maximum absolute atomic E-state index is 12.3. The van der Waals surface area contributed by atoms with Crippen LogP contribution in [0.4, 0.5) is 4.79 Å². The average molecular weight is 454 g/mol. The van der Waals surface area contributed by atoms with Gasteiger partial charge in [-0.1, -0.05) is 111 Å². The Kier molecular flexibility index (Phi) is 8.56. The zero-order chi connectivity index (χ0) is 23.6. The summed E-state index contributed by atoms with van der Waals surface area (Å²) in [4.78, 5) is 12.3. The van der Waals surface area contributed by atoms with Gasteiger partial charge in [-0.2, -0.15) is 0 Å². The molecule has 0 radical (unpaired) electrons. The van der Waals surface area contributed by atoms with Crippen molar-refractivity contribution < 1.29 is 9.53 Å². The highest BCUT2D eigenvalue weighted by Crippen LogP contribution is 2.44. The van der Waals surface area contributed by atoms with E-state index < -0.39 is 0 Å². The Balaban J connectivity index is 1.18. The van der Waals surface area contributed by atoms with Crippen LogP contribution in [0.2, 0.25) is 0 Å². The van der Waals surface area contributed by atoms with E-state index in [4.69, 9.17) is 4.74 Å². The number of fused-ring (bicyclic) bond motifs is 3. The average Bonchev–Trinajstić information content (AvgIpc) is 3.20. The third kappa shape index (κ3) is 6.17. The second-order valence-corrected chi connectivity index (χ2v) is 9.00. The third-order valence-electron chi connectivity index (χ3n) is 6.53. The monoisotopic (exact) mass is 453 g/mol. The number of unbranched alkanes of at least 4 members (excludes halogenated alkanes) is 3. The Bertz CT molecular complexity index is 1050. The van der Waals surface area contributed by atoms with Gasteiger partial charge in [0.25, 0.3) is 0 Å². The van der Waals surface area contributed by atoms with Crippen molar-refractivity contribution in [2.24, 2.45) is 0 Å². The molecule has 0 saturated carbocycles. The molecule has 176 valence electrons. The van der Waals surface area contributed by atoms with E-state index >= 15 is 0 Å². The SMILES string of the molecule is CCCCCCc1ccc(C=CCCNC(=O)OCC2c3ccccc3-c3ccccc32)cc1. The van der Waals surface area contributed by atoms with Gasteiger partial charge in [0.15, 0.2) is 0 Å². The molecule has 3 aromatic carbocycles. The summed E-state index contributed by atoms with van der Waals surface area (Å²) in [6, 6.07) is 25.5. The fourth-order valence-electron chi connectivity index (χ4n) is 4.68. The van der Waals surface area contributed by atoms with Crippen molar-refractivity contribution in [1.82, 2.24) is 5.32 Å². The Morgan fingerprint density at radius 2 is 1.56 bits per heavy atom. The predicted octanol–water partition coefficient (Wildman–Crippen LogP) is 7.75. The van der Waals surface area contributed by atoms with E-state index in [0.29, 0.717) is 13.2 Å². The zero-order valence-electron chi connectivity index (χ0n) is 20.1. The number of alkyl carbamates (subject to hydrolysis) is 1. The third-order valence-corrected chi connectivity index (χ3v) is 6.53. The fourth-order valence-corrected chi connectivity index (χ4v) is 4.68. The summed E-state index contributed by atoms with van der Waals surface area (Å²) in [6.45, 7) is 3.15. The van der Waals surface area contributed by atoms with E-state index in [2.05, 4.69) is 85.1 Å². The molecule has 3 heteroatoms. The summed E-state index contributed by atoms with van der Waals surface area (Å²) >= 11 is 0. The minimum Gasteiger partial charge on any atom is -0.449 e. The summed E-state index contributed by atoms with van der Waals surface area (Å²) in [6.07, 6.45) is 11.0. The number of aryl methyl sites for hydroxylation is 1.